The molecule has 0 atom stereocenters. The summed E-state index contributed by atoms with van der Waals surface area (Å²) in [6, 6.07) is 12.5. The van der Waals surface area contributed by atoms with Crippen LogP contribution in [0.25, 0.3) is 0 Å². The Bertz CT molecular complexity index is 833. The summed E-state index contributed by atoms with van der Waals surface area (Å²) < 4.78 is 11.2. The fraction of sp³-hybridized carbons (Fsp3) is 0.391. The van der Waals surface area contributed by atoms with Gasteiger partial charge in [0.1, 0.15) is 0 Å². The van der Waals surface area contributed by atoms with Gasteiger partial charge in [-0.25, -0.2) is 0 Å². The quantitative estimate of drug-likeness (QED) is 0.622. The molecular formula is C23H30N2O4. The maximum atomic E-state index is 12.5. The average Bonchev–Trinajstić information content (AvgIpc) is 2.72. The van der Waals surface area contributed by atoms with Crippen LogP contribution in [-0.2, 0) is 11.3 Å². The smallest absolute Gasteiger partial charge is 0.251 e. The molecule has 0 spiro atoms. The Kier molecular flexibility index (Phi) is 8.52. The molecule has 6 nitrogen and oxygen atoms in total. The number of hydrogen-bond donors (Lipinski definition) is 2. The fourth-order valence-corrected chi connectivity index (χ4v) is 2.62. The van der Waals surface area contributed by atoms with Crippen molar-refractivity contribution in [3.8, 4) is 11.5 Å². The van der Waals surface area contributed by atoms with Crippen molar-refractivity contribution in [2.45, 2.75) is 40.2 Å². The van der Waals surface area contributed by atoms with Gasteiger partial charge in [0.2, 0.25) is 5.91 Å². The van der Waals surface area contributed by atoms with Crippen LogP contribution in [-0.4, -0.2) is 25.5 Å². The first-order valence-electron chi connectivity index (χ1n) is 9.90. The Morgan fingerprint density at radius 3 is 2.55 bits per heavy atom. The predicted molar refractivity (Wildman–Crippen MR) is 114 cm³/mol. The van der Waals surface area contributed by atoms with Crippen molar-refractivity contribution in [3.05, 3.63) is 53.6 Å². The van der Waals surface area contributed by atoms with Crippen LogP contribution in [0, 0.1) is 5.92 Å². The van der Waals surface area contributed by atoms with Crippen molar-refractivity contribution >= 4 is 17.5 Å². The lowest BCUT2D eigenvalue weighted by Gasteiger charge is -2.13. The molecule has 6 heteroatoms. The molecule has 0 saturated carbocycles. The summed E-state index contributed by atoms with van der Waals surface area (Å²) in [4.78, 5) is 24.0. The van der Waals surface area contributed by atoms with Gasteiger partial charge in [0.25, 0.3) is 5.91 Å². The molecule has 0 aliphatic carbocycles. The van der Waals surface area contributed by atoms with Crippen LogP contribution in [0.1, 0.15) is 49.5 Å². The second-order valence-corrected chi connectivity index (χ2v) is 7.18. The van der Waals surface area contributed by atoms with Crippen LogP contribution < -0.4 is 20.1 Å². The summed E-state index contributed by atoms with van der Waals surface area (Å²) in [5, 5.41) is 5.65. The minimum Gasteiger partial charge on any atom is -0.493 e. The van der Waals surface area contributed by atoms with Gasteiger partial charge in [-0.3, -0.25) is 9.59 Å². The Hall–Kier alpha value is -3.02. The Balaban J connectivity index is 1.97. The van der Waals surface area contributed by atoms with E-state index in [1.54, 1.807) is 38.3 Å². The molecular weight excluding hydrogens is 368 g/mol. The highest BCUT2D eigenvalue weighted by Gasteiger charge is 2.10. The molecule has 2 N–H and O–H groups in total. The van der Waals surface area contributed by atoms with Gasteiger partial charge in [-0.05, 0) is 48.2 Å². The van der Waals surface area contributed by atoms with Gasteiger partial charge in [-0.15, -0.1) is 0 Å². The van der Waals surface area contributed by atoms with Crippen LogP contribution in [0.15, 0.2) is 42.5 Å². The van der Waals surface area contributed by atoms with Crippen molar-refractivity contribution in [2.75, 3.05) is 19.0 Å². The molecule has 156 valence electrons. The van der Waals surface area contributed by atoms with E-state index >= 15 is 0 Å². The van der Waals surface area contributed by atoms with Crippen molar-refractivity contribution < 1.29 is 19.1 Å². The molecule has 2 rings (SSSR count). The summed E-state index contributed by atoms with van der Waals surface area (Å²) >= 11 is 0. The number of anilines is 1. The lowest BCUT2D eigenvalue weighted by atomic mass is 10.1. The highest BCUT2D eigenvalue weighted by atomic mass is 16.5. The summed E-state index contributed by atoms with van der Waals surface area (Å²) in [5.74, 6) is 1.61. The standard InChI is InChI=1S/C23H30N2O4/c1-5-22(26)25-19-8-6-7-18(14-19)23(27)24-15-17-9-10-20(21(13-17)28-4)29-12-11-16(2)3/h6-10,13-14,16H,5,11-12,15H2,1-4H3,(H,24,27)(H,25,26). The molecule has 0 aliphatic rings. The SMILES string of the molecule is CCC(=O)Nc1cccc(C(=O)NCc2ccc(OCCC(C)C)c(OC)c2)c1. The van der Waals surface area contributed by atoms with Crippen LogP contribution in [0.3, 0.4) is 0 Å². The lowest BCUT2D eigenvalue weighted by molar-refractivity contribution is -0.115. The van der Waals surface area contributed by atoms with Gasteiger partial charge in [0.15, 0.2) is 11.5 Å². The number of rotatable bonds is 10. The van der Waals surface area contributed by atoms with E-state index in [0.717, 1.165) is 12.0 Å². The summed E-state index contributed by atoms with van der Waals surface area (Å²) in [6.45, 7) is 7.07. The highest BCUT2D eigenvalue weighted by Crippen LogP contribution is 2.28. The van der Waals surface area contributed by atoms with Crippen molar-refractivity contribution in [1.29, 1.82) is 0 Å². The van der Waals surface area contributed by atoms with Crippen LogP contribution in [0.4, 0.5) is 5.69 Å². The lowest BCUT2D eigenvalue weighted by Crippen LogP contribution is -2.23. The number of methoxy groups -OCH3 is 1. The van der Waals surface area contributed by atoms with Crippen LogP contribution >= 0.6 is 0 Å². The third-order valence-corrected chi connectivity index (χ3v) is 4.36. The zero-order valence-electron chi connectivity index (χ0n) is 17.6. The molecule has 0 unspecified atom stereocenters. The van der Waals surface area contributed by atoms with E-state index in [0.29, 0.717) is 48.2 Å². The molecule has 2 aromatic rings. The summed E-state index contributed by atoms with van der Waals surface area (Å²) in [6.07, 6.45) is 1.36. The normalized spacial score (nSPS) is 10.5. The molecule has 0 heterocycles. The van der Waals surface area contributed by atoms with E-state index in [1.807, 2.05) is 18.2 Å². The number of carbonyl (C=O) groups is 2. The number of hydrogen-bond acceptors (Lipinski definition) is 4. The van der Waals surface area contributed by atoms with Gasteiger partial charge in [-0.2, -0.15) is 0 Å². The molecule has 0 bridgehead atoms. The average molecular weight is 399 g/mol. The van der Waals surface area contributed by atoms with Crippen molar-refractivity contribution in [1.82, 2.24) is 5.32 Å². The monoisotopic (exact) mass is 398 g/mol. The maximum absolute atomic E-state index is 12.5. The predicted octanol–water partition coefficient (Wildman–Crippen LogP) is 4.40. The third kappa shape index (κ3) is 7.14. The minimum atomic E-state index is -0.214. The highest BCUT2D eigenvalue weighted by molar-refractivity contribution is 5.97. The summed E-state index contributed by atoms with van der Waals surface area (Å²) in [7, 11) is 1.60. The number of ether oxygens (including phenoxy) is 2. The Morgan fingerprint density at radius 1 is 1.07 bits per heavy atom. The topological polar surface area (TPSA) is 76.7 Å². The van der Waals surface area contributed by atoms with E-state index in [1.165, 1.54) is 0 Å². The van der Waals surface area contributed by atoms with E-state index < -0.39 is 0 Å². The Labute approximate surface area is 172 Å². The van der Waals surface area contributed by atoms with E-state index in [9.17, 15) is 9.59 Å². The van der Waals surface area contributed by atoms with Gasteiger partial charge in [-0.1, -0.05) is 32.9 Å². The molecule has 0 saturated heterocycles. The molecule has 2 amide bonds. The number of nitrogens with one attached hydrogen (secondary N) is 2. The van der Waals surface area contributed by atoms with E-state index in [-0.39, 0.29) is 11.8 Å². The molecule has 0 fully saturated rings. The van der Waals surface area contributed by atoms with E-state index in [2.05, 4.69) is 24.5 Å². The molecule has 0 radical (unpaired) electrons. The molecule has 0 aliphatic heterocycles. The third-order valence-electron chi connectivity index (χ3n) is 4.36. The van der Waals surface area contributed by atoms with Gasteiger partial charge >= 0.3 is 0 Å². The van der Waals surface area contributed by atoms with Gasteiger partial charge in [0.05, 0.1) is 13.7 Å². The minimum absolute atomic E-state index is 0.0923. The molecule has 29 heavy (non-hydrogen) atoms. The fourth-order valence-electron chi connectivity index (χ4n) is 2.62. The first-order valence-corrected chi connectivity index (χ1v) is 9.90. The second kappa shape index (κ2) is 11.1. The van der Waals surface area contributed by atoms with Crippen molar-refractivity contribution in [2.24, 2.45) is 5.92 Å². The maximum Gasteiger partial charge on any atom is 0.251 e. The first kappa shape index (κ1) is 22.3. The van der Waals surface area contributed by atoms with E-state index in [4.69, 9.17) is 9.47 Å². The summed E-state index contributed by atoms with van der Waals surface area (Å²) in [5.41, 5.74) is 2.00. The van der Waals surface area contributed by atoms with Crippen LogP contribution in [0.5, 0.6) is 11.5 Å². The zero-order chi connectivity index (χ0) is 21.2. The molecule has 2 aromatic carbocycles. The number of benzene rings is 2. The largest absolute Gasteiger partial charge is 0.493 e. The van der Waals surface area contributed by atoms with Gasteiger partial charge < -0.3 is 20.1 Å². The number of carbonyl (C=O) groups excluding carboxylic acids is 2. The zero-order valence-corrected chi connectivity index (χ0v) is 17.6. The first-order chi connectivity index (χ1) is 13.9. The van der Waals surface area contributed by atoms with Crippen molar-refractivity contribution in [3.63, 3.8) is 0 Å². The van der Waals surface area contributed by atoms with Crippen LogP contribution in [0.2, 0.25) is 0 Å². The van der Waals surface area contributed by atoms with Gasteiger partial charge in [0, 0.05) is 24.2 Å². The second-order valence-electron chi connectivity index (χ2n) is 7.18. The number of amides is 2. The Morgan fingerprint density at radius 2 is 1.86 bits per heavy atom. The molecule has 0 aromatic heterocycles.